The third kappa shape index (κ3) is 4.43. The topological polar surface area (TPSA) is 64.3 Å². The minimum atomic E-state index is -0.129. The largest absolute Gasteiger partial charge is 0.389 e. The molecule has 0 fully saturated rings. The maximum absolute atomic E-state index is 11.9. The van der Waals surface area contributed by atoms with Gasteiger partial charge in [-0.1, -0.05) is 31.3 Å². The van der Waals surface area contributed by atoms with Gasteiger partial charge in [-0.25, -0.2) is 0 Å². The molecule has 1 rings (SSSR count). The molecule has 5 heteroatoms. The zero-order valence-corrected chi connectivity index (χ0v) is 11.4. The quantitative estimate of drug-likeness (QED) is 0.763. The molecule has 0 saturated carbocycles. The second-order valence-corrected chi connectivity index (χ2v) is 4.66. The third-order valence-corrected chi connectivity index (χ3v) is 2.71. The van der Waals surface area contributed by atoms with Crippen LogP contribution in [0.5, 0.6) is 0 Å². The van der Waals surface area contributed by atoms with E-state index >= 15 is 0 Å². The predicted octanol–water partition coefficient (Wildman–Crippen LogP) is 1.33. The number of amides is 1. The number of nitrogens with two attached hydrogens (primary N) is 1. The van der Waals surface area contributed by atoms with Crippen molar-refractivity contribution in [1.82, 2.24) is 5.32 Å². The number of hydrogen-bond acceptors (Lipinski definition) is 3. The van der Waals surface area contributed by atoms with E-state index in [4.69, 9.17) is 22.7 Å². The number of benzene rings is 1. The zero-order chi connectivity index (χ0) is 13.5. The summed E-state index contributed by atoms with van der Waals surface area (Å²) in [5.41, 5.74) is 6.78. The minimum Gasteiger partial charge on any atom is -0.389 e. The highest BCUT2D eigenvalue weighted by atomic mass is 32.1. The van der Waals surface area contributed by atoms with Crippen LogP contribution in [0.25, 0.3) is 0 Å². The number of ether oxygens (including phenoxy) is 1. The van der Waals surface area contributed by atoms with Crippen molar-refractivity contribution in [3.05, 3.63) is 35.4 Å². The molecule has 3 N–H and O–H groups in total. The lowest BCUT2D eigenvalue weighted by Crippen LogP contribution is -2.30. The van der Waals surface area contributed by atoms with Crippen LogP contribution in [-0.2, 0) is 4.74 Å². The molecule has 0 aliphatic heterocycles. The summed E-state index contributed by atoms with van der Waals surface area (Å²) in [6.45, 7) is 3.20. The van der Waals surface area contributed by atoms with Crippen LogP contribution in [0.3, 0.4) is 0 Å². The third-order valence-electron chi connectivity index (χ3n) is 2.47. The summed E-state index contributed by atoms with van der Waals surface area (Å²) in [5.74, 6) is 0.147. The normalized spacial score (nSPS) is 11.9. The first-order valence-electron chi connectivity index (χ1n) is 5.71. The molecule has 98 valence electrons. The van der Waals surface area contributed by atoms with Gasteiger partial charge in [0.15, 0.2) is 0 Å². The van der Waals surface area contributed by atoms with Gasteiger partial charge < -0.3 is 15.8 Å². The first-order valence-corrected chi connectivity index (χ1v) is 6.12. The molecule has 0 aliphatic carbocycles. The van der Waals surface area contributed by atoms with E-state index in [0.29, 0.717) is 24.3 Å². The van der Waals surface area contributed by atoms with Crippen molar-refractivity contribution in [2.45, 2.75) is 6.92 Å². The Labute approximate surface area is 113 Å². The molecule has 0 aromatic heterocycles. The number of carbonyl (C=O) groups excluding carboxylic acids is 1. The molecule has 1 amide bonds. The standard InChI is InChI=1S/C13H18N2O2S/c1-9(8-17-2)7-15-13(16)11-5-3-4-10(6-11)12(14)18/h3-6,9H,7-8H2,1-2H3,(H2,14,18)(H,15,16). The molecular formula is C13H18N2O2S. The van der Waals surface area contributed by atoms with E-state index in [9.17, 15) is 4.79 Å². The minimum absolute atomic E-state index is 0.129. The Hall–Kier alpha value is -1.46. The Bertz CT molecular complexity index is 435. The first-order chi connectivity index (χ1) is 8.54. The van der Waals surface area contributed by atoms with Gasteiger partial charge in [-0.3, -0.25) is 4.79 Å². The number of nitrogens with one attached hydrogen (secondary N) is 1. The van der Waals surface area contributed by atoms with Gasteiger partial charge in [0.25, 0.3) is 5.91 Å². The van der Waals surface area contributed by atoms with Gasteiger partial charge in [0.05, 0.1) is 6.61 Å². The van der Waals surface area contributed by atoms with Crippen LogP contribution in [0.2, 0.25) is 0 Å². The van der Waals surface area contributed by atoms with E-state index in [-0.39, 0.29) is 16.8 Å². The van der Waals surface area contributed by atoms with Gasteiger partial charge in [-0.2, -0.15) is 0 Å². The van der Waals surface area contributed by atoms with Crippen molar-refractivity contribution in [2.24, 2.45) is 11.7 Å². The number of carbonyl (C=O) groups is 1. The summed E-state index contributed by atoms with van der Waals surface area (Å²) < 4.78 is 5.01. The number of thiocarbonyl (C=S) groups is 1. The fraction of sp³-hybridized carbons (Fsp3) is 0.385. The highest BCUT2D eigenvalue weighted by Gasteiger charge is 2.08. The fourth-order valence-corrected chi connectivity index (χ4v) is 1.65. The summed E-state index contributed by atoms with van der Waals surface area (Å²) in [4.78, 5) is 12.2. The smallest absolute Gasteiger partial charge is 0.251 e. The lowest BCUT2D eigenvalue weighted by atomic mass is 10.1. The maximum atomic E-state index is 11.9. The van der Waals surface area contributed by atoms with Crippen LogP contribution in [-0.4, -0.2) is 31.2 Å². The molecule has 18 heavy (non-hydrogen) atoms. The second kappa shape index (κ2) is 7.08. The predicted molar refractivity (Wildman–Crippen MR) is 75.7 cm³/mol. The first kappa shape index (κ1) is 14.6. The Morgan fingerprint density at radius 3 is 2.78 bits per heavy atom. The number of hydrogen-bond donors (Lipinski definition) is 2. The Morgan fingerprint density at radius 2 is 2.17 bits per heavy atom. The zero-order valence-electron chi connectivity index (χ0n) is 10.6. The van der Waals surface area contributed by atoms with E-state index in [1.807, 2.05) is 6.92 Å². The fourth-order valence-electron chi connectivity index (χ4n) is 1.53. The second-order valence-electron chi connectivity index (χ2n) is 4.22. The SMILES string of the molecule is COCC(C)CNC(=O)c1cccc(C(N)=S)c1. The van der Waals surface area contributed by atoms with E-state index < -0.39 is 0 Å². The van der Waals surface area contributed by atoms with E-state index in [1.165, 1.54) is 0 Å². The molecule has 0 aliphatic rings. The molecule has 1 unspecified atom stereocenters. The molecular weight excluding hydrogens is 248 g/mol. The van der Waals surface area contributed by atoms with Crippen LogP contribution in [0.1, 0.15) is 22.8 Å². The Morgan fingerprint density at radius 1 is 1.50 bits per heavy atom. The lowest BCUT2D eigenvalue weighted by Gasteiger charge is -2.11. The van der Waals surface area contributed by atoms with Crippen LogP contribution >= 0.6 is 12.2 Å². The molecule has 1 aromatic carbocycles. The average molecular weight is 266 g/mol. The van der Waals surface area contributed by atoms with E-state index in [0.717, 1.165) is 0 Å². The van der Waals surface area contributed by atoms with Gasteiger partial charge in [0, 0.05) is 24.8 Å². The highest BCUT2D eigenvalue weighted by Crippen LogP contribution is 2.05. The van der Waals surface area contributed by atoms with Crippen LogP contribution in [0.4, 0.5) is 0 Å². The van der Waals surface area contributed by atoms with Gasteiger partial charge in [0.2, 0.25) is 0 Å². The summed E-state index contributed by atoms with van der Waals surface area (Å²) in [6.07, 6.45) is 0. The number of methoxy groups -OCH3 is 1. The molecule has 4 nitrogen and oxygen atoms in total. The molecule has 0 saturated heterocycles. The summed E-state index contributed by atoms with van der Waals surface area (Å²) >= 11 is 4.88. The van der Waals surface area contributed by atoms with Crippen LogP contribution in [0, 0.1) is 5.92 Å². The molecule has 0 radical (unpaired) electrons. The molecule has 1 atom stereocenters. The van der Waals surface area contributed by atoms with Crippen molar-refractivity contribution >= 4 is 23.1 Å². The monoisotopic (exact) mass is 266 g/mol. The van der Waals surface area contributed by atoms with Crippen molar-refractivity contribution < 1.29 is 9.53 Å². The molecule has 0 bridgehead atoms. The summed E-state index contributed by atoms with van der Waals surface area (Å²) in [7, 11) is 1.64. The summed E-state index contributed by atoms with van der Waals surface area (Å²) in [5, 5.41) is 2.85. The Balaban J connectivity index is 2.61. The van der Waals surface area contributed by atoms with Crippen LogP contribution < -0.4 is 11.1 Å². The number of rotatable bonds is 6. The van der Waals surface area contributed by atoms with Crippen molar-refractivity contribution in [2.75, 3.05) is 20.3 Å². The van der Waals surface area contributed by atoms with Crippen molar-refractivity contribution in [3.63, 3.8) is 0 Å². The van der Waals surface area contributed by atoms with Gasteiger partial charge in [-0.05, 0) is 18.1 Å². The maximum Gasteiger partial charge on any atom is 0.251 e. The van der Waals surface area contributed by atoms with Crippen molar-refractivity contribution in [1.29, 1.82) is 0 Å². The van der Waals surface area contributed by atoms with E-state index in [2.05, 4.69) is 5.32 Å². The average Bonchev–Trinajstić information content (AvgIpc) is 2.36. The lowest BCUT2D eigenvalue weighted by molar-refractivity contribution is 0.0934. The van der Waals surface area contributed by atoms with Crippen LogP contribution in [0.15, 0.2) is 24.3 Å². The van der Waals surface area contributed by atoms with Crippen molar-refractivity contribution in [3.8, 4) is 0 Å². The van der Waals surface area contributed by atoms with E-state index in [1.54, 1.807) is 31.4 Å². The molecule has 1 aromatic rings. The Kier molecular flexibility index (Phi) is 5.74. The highest BCUT2D eigenvalue weighted by molar-refractivity contribution is 7.80. The molecule has 0 heterocycles. The summed E-state index contributed by atoms with van der Waals surface area (Å²) in [6, 6.07) is 6.98. The van der Waals surface area contributed by atoms with Gasteiger partial charge in [0.1, 0.15) is 4.99 Å². The molecule has 0 spiro atoms. The van der Waals surface area contributed by atoms with Gasteiger partial charge in [-0.15, -0.1) is 0 Å². The van der Waals surface area contributed by atoms with Gasteiger partial charge >= 0.3 is 0 Å².